The largest absolute Gasteiger partial charge is 0.378 e. The third kappa shape index (κ3) is 3.49. The minimum Gasteiger partial charge on any atom is -0.378 e. The van der Waals surface area contributed by atoms with E-state index >= 15 is 0 Å². The maximum atomic E-state index is 12.1. The Hall–Kier alpha value is -0.850. The lowest BCUT2D eigenvalue weighted by Crippen LogP contribution is -2.65. The Morgan fingerprint density at radius 1 is 1.14 bits per heavy atom. The number of nitrogens with zero attached hydrogens (tertiary/aromatic N) is 4. The van der Waals surface area contributed by atoms with Crippen molar-refractivity contribution in [2.45, 2.75) is 24.4 Å². The van der Waals surface area contributed by atoms with Crippen LogP contribution in [-0.2, 0) is 4.74 Å². The molecule has 122 valence electrons. The molecule has 2 fully saturated rings. The number of ether oxygens (including phenoxy) is 1. The highest BCUT2D eigenvalue weighted by molar-refractivity contribution is 5.73. The summed E-state index contributed by atoms with van der Waals surface area (Å²) in [6.07, 6.45) is 2.05. The van der Waals surface area contributed by atoms with Crippen LogP contribution in [0.15, 0.2) is 0 Å². The Balaban J connectivity index is 2.04. The Bertz CT molecular complexity index is 361. The number of hydrogen-bond acceptors (Lipinski definition) is 4. The summed E-state index contributed by atoms with van der Waals surface area (Å²) in [5, 5.41) is 0. The van der Waals surface area contributed by atoms with Gasteiger partial charge in [0.1, 0.15) is 0 Å². The van der Waals surface area contributed by atoms with Gasteiger partial charge in [-0.05, 0) is 34.0 Å². The highest BCUT2D eigenvalue weighted by Gasteiger charge is 2.43. The van der Waals surface area contributed by atoms with Gasteiger partial charge in [0.05, 0.1) is 19.3 Å². The van der Waals surface area contributed by atoms with E-state index in [4.69, 9.17) is 4.74 Å². The first-order chi connectivity index (χ1) is 9.85. The van der Waals surface area contributed by atoms with E-state index in [-0.39, 0.29) is 11.6 Å². The molecule has 0 N–H and O–H groups in total. The van der Waals surface area contributed by atoms with Crippen LogP contribution in [0.3, 0.4) is 0 Å². The summed E-state index contributed by atoms with van der Waals surface area (Å²) in [5.74, 6) is 0. The number of likely N-dealkylation sites (N-methyl/N-ethyl adjacent to an activating group) is 2. The first-order valence-electron chi connectivity index (χ1n) is 7.77. The fraction of sp³-hybridized carbons (Fsp3) is 0.933. The molecule has 2 heterocycles. The Morgan fingerprint density at radius 2 is 1.71 bits per heavy atom. The molecule has 2 saturated heterocycles. The molecule has 6 nitrogen and oxygen atoms in total. The third-order valence-corrected chi connectivity index (χ3v) is 4.87. The van der Waals surface area contributed by atoms with Crippen LogP contribution in [0.4, 0.5) is 4.79 Å². The lowest BCUT2D eigenvalue weighted by Gasteiger charge is -2.53. The molecular weight excluding hydrogens is 268 g/mol. The van der Waals surface area contributed by atoms with E-state index < -0.39 is 0 Å². The second kappa shape index (κ2) is 6.50. The predicted octanol–water partition coefficient (Wildman–Crippen LogP) is 0.395. The van der Waals surface area contributed by atoms with Crippen molar-refractivity contribution in [3.8, 4) is 0 Å². The minimum absolute atomic E-state index is 0.128. The normalized spacial score (nSPS) is 22.5. The van der Waals surface area contributed by atoms with Crippen molar-refractivity contribution in [2.75, 3.05) is 68.1 Å². The fourth-order valence-corrected chi connectivity index (χ4v) is 3.44. The summed E-state index contributed by atoms with van der Waals surface area (Å²) in [5.41, 5.74) is 0.154. The monoisotopic (exact) mass is 298 g/mol. The van der Waals surface area contributed by atoms with Gasteiger partial charge in [-0.25, -0.2) is 4.79 Å². The van der Waals surface area contributed by atoms with Crippen LogP contribution in [0.5, 0.6) is 0 Å². The van der Waals surface area contributed by atoms with Crippen molar-refractivity contribution in [2.24, 2.45) is 0 Å². The van der Waals surface area contributed by atoms with Crippen LogP contribution < -0.4 is 0 Å². The van der Waals surface area contributed by atoms with Gasteiger partial charge in [-0.15, -0.1) is 0 Å². The number of rotatable bonds is 4. The Morgan fingerprint density at radius 3 is 2.10 bits per heavy atom. The number of carbonyl (C=O) groups is 1. The molecule has 2 aliphatic heterocycles. The Kier molecular flexibility index (Phi) is 5.11. The maximum Gasteiger partial charge on any atom is 0.319 e. The van der Waals surface area contributed by atoms with E-state index in [1.807, 2.05) is 19.0 Å². The minimum atomic E-state index is 0.128. The summed E-state index contributed by atoms with van der Waals surface area (Å²) in [6, 6.07) is 0.657. The van der Waals surface area contributed by atoms with Crippen molar-refractivity contribution in [1.29, 1.82) is 0 Å². The van der Waals surface area contributed by atoms with Crippen LogP contribution in [0, 0.1) is 0 Å². The van der Waals surface area contributed by atoms with Crippen molar-refractivity contribution in [3.63, 3.8) is 0 Å². The predicted molar refractivity (Wildman–Crippen MR) is 83.5 cm³/mol. The molecule has 0 unspecified atom stereocenters. The SMILES string of the molecule is CN(C)CC1(N(C)C2COC2)CCN(C(=O)N(C)C)CC1. The van der Waals surface area contributed by atoms with E-state index in [2.05, 4.69) is 30.9 Å². The van der Waals surface area contributed by atoms with E-state index in [0.717, 1.165) is 45.7 Å². The van der Waals surface area contributed by atoms with E-state index in [1.165, 1.54) is 0 Å². The third-order valence-electron chi connectivity index (χ3n) is 4.87. The molecule has 0 spiro atoms. The van der Waals surface area contributed by atoms with Crippen LogP contribution >= 0.6 is 0 Å². The van der Waals surface area contributed by atoms with Gasteiger partial charge in [0.2, 0.25) is 0 Å². The summed E-state index contributed by atoms with van der Waals surface area (Å²) in [7, 11) is 10.1. The van der Waals surface area contributed by atoms with Gasteiger partial charge in [0.25, 0.3) is 0 Å². The molecule has 0 bridgehead atoms. The number of hydrogen-bond donors (Lipinski definition) is 0. The maximum absolute atomic E-state index is 12.1. The highest BCUT2D eigenvalue weighted by Crippen LogP contribution is 2.32. The van der Waals surface area contributed by atoms with Crippen LogP contribution in [0.25, 0.3) is 0 Å². The average molecular weight is 298 g/mol. The smallest absolute Gasteiger partial charge is 0.319 e. The second-order valence-electron chi connectivity index (χ2n) is 6.93. The summed E-state index contributed by atoms with van der Waals surface area (Å²) in [6.45, 7) is 4.38. The van der Waals surface area contributed by atoms with Gasteiger partial charge in [-0.2, -0.15) is 0 Å². The van der Waals surface area contributed by atoms with E-state index in [1.54, 1.807) is 4.90 Å². The first-order valence-corrected chi connectivity index (χ1v) is 7.77. The zero-order valence-corrected chi connectivity index (χ0v) is 14.1. The van der Waals surface area contributed by atoms with Gasteiger partial charge < -0.3 is 19.4 Å². The molecular formula is C15H30N4O2. The van der Waals surface area contributed by atoms with Crippen molar-refractivity contribution in [1.82, 2.24) is 19.6 Å². The van der Waals surface area contributed by atoms with Gasteiger partial charge >= 0.3 is 6.03 Å². The fourth-order valence-electron chi connectivity index (χ4n) is 3.44. The highest BCUT2D eigenvalue weighted by atomic mass is 16.5. The standard InChI is InChI=1S/C15H30N4O2/c1-16(2)12-15(18(5)13-10-21-11-13)6-8-19(9-7-15)14(20)17(3)4/h13H,6-12H2,1-5H3. The van der Waals surface area contributed by atoms with Crippen LogP contribution in [0.2, 0.25) is 0 Å². The lowest BCUT2D eigenvalue weighted by molar-refractivity contribution is -0.108. The molecule has 0 aromatic carbocycles. The number of piperidine rings is 1. The molecule has 0 aromatic heterocycles. The van der Waals surface area contributed by atoms with Crippen LogP contribution in [0.1, 0.15) is 12.8 Å². The number of carbonyl (C=O) groups excluding carboxylic acids is 1. The van der Waals surface area contributed by atoms with E-state index in [9.17, 15) is 4.79 Å². The summed E-state index contributed by atoms with van der Waals surface area (Å²) < 4.78 is 5.36. The zero-order valence-electron chi connectivity index (χ0n) is 14.1. The Labute approximate surface area is 128 Å². The van der Waals surface area contributed by atoms with Gasteiger partial charge in [0.15, 0.2) is 0 Å². The van der Waals surface area contributed by atoms with Crippen molar-refractivity contribution >= 4 is 6.03 Å². The molecule has 0 atom stereocenters. The topological polar surface area (TPSA) is 39.3 Å². The average Bonchev–Trinajstić information content (AvgIpc) is 2.35. The molecule has 0 aromatic rings. The first kappa shape index (κ1) is 16.5. The second-order valence-corrected chi connectivity index (χ2v) is 6.93. The molecule has 2 aliphatic rings. The van der Waals surface area contributed by atoms with Crippen LogP contribution in [-0.4, -0.2) is 105 Å². The van der Waals surface area contributed by atoms with Crippen molar-refractivity contribution < 1.29 is 9.53 Å². The molecule has 0 radical (unpaired) electrons. The molecule has 2 rings (SSSR count). The van der Waals surface area contributed by atoms with Crippen molar-refractivity contribution in [3.05, 3.63) is 0 Å². The molecule has 0 saturated carbocycles. The summed E-state index contributed by atoms with van der Waals surface area (Å²) >= 11 is 0. The zero-order chi connectivity index (χ0) is 15.6. The summed E-state index contributed by atoms with van der Waals surface area (Å²) in [4.78, 5) is 20.5. The van der Waals surface area contributed by atoms with E-state index in [0.29, 0.717) is 6.04 Å². The lowest BCUT2D eigenvalue weighted by atomic mass is 9.84. The molecule has 0 aliphatic carbocycles. The van der Waals surface area contributed by atoms with Gasteiger partial charge in [-0.1, -0.05) is 0 Å². The molecule has 21 heavy (non-hydrogen) atoms. The molecule has 2 amide bonds. The quantitative estimate of drug-likeness (QED) is 0.753. The molecule has 6 heteroatoms. The van der Waals surface area contributed by atoms with Gasteiger partial charge in [-0.3, -0.25) is 4.90 Å². The number of amides is 2. The number of likely N-dealkylation sites (tertiary alicyclic amines) is 1. The number of urea groups is 1. The van der Waals surface area contributed by atoms with Gasteiger partial charge in [0, 0.05) is 39.3 Å².